The fraction of sp³-hybridized carbons (Fsp3) is 0.429. The van der Waals surface area contributed by atoms with E-state index in [0.29, 0.717) is 0 Å². The van der Waals surface area contributed by atoms with E-state index in [-0.39, 0.29) is 25.5 Å². The van der Waals surface area contributed by atoms with Crippen LogP contribution in [-0.2, 0) is 23.9 Å². The molecule has 2 aliphatic rings. The predicted molar refractivity (Wildman–Crippen MR) is 138 cm³/mol. The van der Waals surface area contributed by atoms with Gasteiger partial charge >= 0.3 is 12.1 Å². The Kier molecular flexibility index (Phi) is 7.73. The molecule has 10 nitrogen and oxygen atoms in total. The average molecular weight is 524 g/mol. The summed E-state index contributed by atoms with van der Waals surface area (Å²) in [6, 6.07) is 13.4. The number of aliphatic hydroxyl groups is 1. The van der Waals surface area contributed by atoms with Gasteiger partial charge in [-0.05, 0) is 43.0 Å². The first-order valence-electron chi connectivity index (χ1n) is 12.6. The van der Waals surface area contributed by atoms with E-state index in [0.717, 1.165) is 27.2 Å². The zero-order valence-corrected chi connectivity index (χ0v) is 21.7. The number of hydrogen-bond donors (Lipinski definition) is 3. The highest BCUT2D eigenvalue weighted by molar-refractivity contribution is 5.93. The number of nitrogens with one attached hydrogen (secondary N) is 1. The van der Waals surface area contributed by atoms with Gasteiger partial charge in [-0.1, -0.05) is 48.5 Å². The number of nitrogens with zero attached hydrogens (tertiary/aromatic N) is 1. The standard InChI is InChI=1S/C28H33N3O7/c1-28(2,3)38-27(36)30-22(13-24(29)33)25(34)31-14-16(32)12-23(31)26(35)37-15-21-19-10-6-4-8-17(19)18-9-5-7-11-20(18)21/h4-11,16,21-23,32H,12-15H2,1-3H3,(H2,29,33)(H,30,36)/t16-,22?,23+/m1/s1. The molecule has 1 aliphatic carbocycles. The molecule has 4 rings (SSSR count). The molecule has 0 aromatic heterocycles. The predicted octanol–water partition coefficient (Wildman–Crippen LogP) is 2.07. The molecule has 1 unspecified atom stereocenters. The highest BCUT2D eigenvalue weighted by atomic mass is 16.6. The number of hydrogen-bond acceptors (Lipinski definition) is 7. The number of aliphatic hydroxyl groups excluding tert-OH is 1. The van der Waals surface area contributed by atoms with Crippen LogP contribution < -0.4 is 11.1 Å². The van der Waals surface area contributed by atoms with Crippen molar-refractivity contribution in [2.45, 2.75) is 63.3 Å². The summed E-state index contributed by atoms with van der Waals surface area (Å²) >= 11 is 0. The number of alkyl carbamates (subject to hydrolysis) is 1. The highest BCUT2D eigenvalue weighted by Crippen LogP contribution is 2.44. The largest absolute Gasteiger partial charge is 0.463 e. The van der Waals surface area contributed by atoms with Crippen LogP contribution in [0.4, 0.5) is 4.79 Å². The fourth-order valence-corrected chi connectivity index (χ4v) is 5.03. The first-order chi connectivity index (χ1) is 17.9. The molecule has 2 aromatic carbocycles. The van der Waals surface area contributed by atoms with Gasteiger partial charge in [0.15, 0.2) is 0 Å². The number of esters is 1. The molecule has 1 heterocycles. The van der Waals surface area contributed by atoms with Gasteiger partial charge in [-0.15, -0.1) is 0 Å². The van der Waals surface area contributed by atoms with E-state index in [2.05, 4.69) is 5.32 Å². The molecule has 0 saturated carbocycles. The van der Waals surface area contributed by atoms with Gasteiger partial charge in [0.1, 0.15) is 24.3 Å². The Labute approximate surface area is 221 Å². The minimum Gasteiger partial charge on any atom is -0.463 e. The lowest BCUT2D eigenvalue weighted by Gasteiger charge is -2.28. The molecule has 1 fully saturated rings. The van der Waals surface area contributed by atoms with Gasteiger partial charge in [0.05, 0.1) is 12.5 Å². The smallest absolute Gasteiger partial charge is 0.408 e. The molecule has 4 N–H and O–H groups in total. The number of carbonyl (C=O) groups is 4. The van der Waals surface area contributed by atoms with Gasteiger partial charge < -0.3 is 30.5 Å². The molecule has 0 radical (unpaired) electrons. The third-order valence-corrected chi connectivity index (χ3v) is 6.58. The SMILES string of the molecule is CC(C)(C)OC(=O)NC(CC(N)=O)C(=O)N1C[C@H](O)C[C@H]1C(=O)OCC1c2ccccc2-c2ccccc21. The van der Waals surface area contributed by atoms with Crippen LogP contribution in [0.3, 0.4) is 0 Å². The molecule has 0 bridgehead atoms. The topological polar surface area (TPSA) is 148 Å². The Morgan fingerprint density at radius 2 is 1.63 bits per heavy atom. The van der Waals surface area contributed by atoms with Crippen LogP contribution >= 0.6 is 0 Å². The Hall–Kier alpha value is -3.92. The van der Waals surface area contributed by atoms with Crippen molar-refractivity contribution in [3.8, 4) is 11.1 Å². The van der Waals surface area contributed by atoms with E-state index in [1.807, 2.05) is 48.5 Å². The molecule has 3 amide bonds. The molecular formula is C28H33N3O7. The number of likely N-dealkylation sites (tertiary alicyclic amines) is 1. The monoisotopic (exact) mass is 523 g/mol. The van der Waals surface area contributed by atoms with Crippen molar-refractivity contribution >= 4 is 23.9 Å². The van der Waals surface area contributed by atoms with Gasteiger partial charge in [-0.25, -0.2) is 9.59 Å². The summed E-state index contributed by atoms with van der Waals surface area (Å²) < 4.78 is 10.9. The molecule has 1 saturated heterocycles. The van der Waals surface area contributed by atoms with Crippen molar-refractivity contribution in [2.75, 3.05) is 13.2 Å². The lowest BCUT2D eigenvalue weighted by Crippen LogP contribution is -2.54. The van der Waals surface area contributed by atoms with Crippen LogP contribution in [0.5, 0.6) is 0 Å². The Bertz CT molecular complexity index is 1190. The quantitative estimate of drug-likeness (QED) is 0.471. The zero-order valence-electron chi connectivity index (χ0n) is 21.7. The van der Waals surface area contributed by atoms with E-state index in [1.165, 1.54) is 0 Å². The lowest BCUT2D eigenvalue weighted by atomic mass is 9.98. The maximum absolute atomic E-state index is 13.4. The van der Waals surface area contributed by atoms with Gasteiger partial charge in [0, 0.05) is 18.9 Å². The van der Waals surface area contributed by atoms with E-state index in [4.69, 9.17) is 15.2 Å². The normalized spacial score (nSPS) is 19.3. The summed E-state index contributed by atoms with van der Waals surface area (Å²) in [6.45, 7) is 4.87. The van der Waals surface area contributed by atoms with Crippen LogP contribution in [0.1, 0.15) is 50.7 Å². The van der Waals surface area contributed by atoms with E-state index >= 15 is 0 Å². The van der Waals surface area contributed by atoms with E-state index < -0.39 is 54.1 Å². The van der Waals surface area contributed by atoms with Crippen LogP contribution in [0, 0.1) is 0 Å². The summed E-state index contributed by atoms with van der Waals surface area (Å²) in [5, 5.41) is 12.7. The highest BCUT2D eigenvalue weighted by Gasteiger charge is 2.43. The second-order valence-corrected chi connectivity index (χ2v) is 10.6. The minimum atomic E-state index is -1.36. The maximum atomic E-state index is 13.4. The van der Waals surface area contributed by atoms with Crippen LogP contribution in [0.25, 0.3) is 11.1 Å². The number of benzene rings is 2. The van der Waals surface area contributed by atoms with Crippen molar-refractivity contribution in [3.63, 3.8) is 0 Å². The summed E-state index contributed by atoms with van der Waals surface area (Å²) in [4.78, 5) is 51.7. The Morgan fingerprint density at radius 1 is 1.05 bits per heavy atom. The Balaban J connectivity index is 1.48. The van der Waals surface area contributed by atoms with Crippen molar-refractivity contribution in [1.29, 1.82) is 0 Å². The zero-order chi connectivity index (χ0) is 27.6. The van der Waals surface area contributed by atoms with Gasteiger partial charge in [0.2, 0.25) is 11.8 Å². The number of amides is 3. The van der Waals surface area contributed by atoms with Crippen LogP contribution in [-0.4, -0.2) is 70.8 Å². The van der Waals surface area contributed by atoms with Gasteiger partial charge in [-0.2, -0.15) is 0 Å². The van der Waals surface area contributed by atoms with Crippen LogP contribution in [0.2, 0.25) is 0 Å². The van der Waals surface area contributed by atoms with E-state index in [1.54, 1.807) is 20.8 Å². The number of primary amides is 1. The van der Waals surface area contributed by atoms with E-state index in [9.17, 15) is 24.3 Å². The number of β-amino-alcohol motifs (C(OH)–C–C–N with tert-alkyl or cyclic N) is 1. The fourth-order valence-electron chi connectivity index (χ4n) is 5.03. The van der Waals surface area contributed by atoms with Crippen molar-refractivity contribution in [1.82, 2.24) is 10.2 Å². The molecule has 1 aliphatic heterocycles. The van der Waals surface area contributed by atoms with Gasteiger partial charge in [0.25, 0.3) is 0 Å². The molecule has 2 aromatic rings. The summed E-state index contributed by atoms with van der Waals surface area (Å²) in [6.07, 6.45) is -2.41. The first kappa shape index (κ1) is 27.1. The third-order valence-electron chi connectivity index (χ3n) is 6.58. The molecular weight excluding hydrogens is 490 g/mol. The number of fused-ring (bicyclic) bond motifs is 3. The van der Waals surface area contributed by atoms with Gasteiger partial charge in [-0.3, -0.25) is 9.59 Å². The molecule has 3 atom stereocenters. The minimum absolute atomic E-state index is 0.0296. The summed E-state index contributed by atoms with van der Waals surface area (Å²) in [7, 11) is 0. The maximum Gasteiger partial charge on any atom is 0.408 e. The second kappa shape index (κ2) is 10.8. The number of ether oxygens (including phenoxy) is 2. The average Bonchev–Trinajstić information content (AvgIpc) is 3.38. The first-order valence-corrected chi connectivity index (χ1v) is 12.6. The molecule has 38 heavy (non-hydrogen) atoms. The van der Waals surface area contributed by atoms with Crippen molar-refractivity contribution < 1.29 is 33.8 Å². The molecule has 202 valence electrons. The summed E-state index contributed by atoms with van der Waals surface area (Å²) in [5.41, 5.74) is 8.73. The number of rotatable bonds is 7. The van der Waals surface area contributed by atoms with Crippen molar-refractivity contribution in [2.24, 2.45) is 5.73 Å². The second-order valence-electron chi connectivity index (χ2n) is 10.6. The summed E-state index contributed by atoms with van der Waals surface area (Å²) in [5.74, 6) is -2.40. The number of nitrogens with two attached hydrogens (primary N) is 1. The Morgan fingerprint density at radius 3 is 2.18 bits per heavy atom. The molecule has 0 spiro atoms. The van der Waals surface area contributed by atoms with Crippen molar-refractivity contribution in [3.05, 3.63) is 59.7 Å². The molecule has 10 heteroatoms. The number of carbonyl (C=O) groups excluding carboxylic acids is 4. The lowest BCUT2D eigenvalue weighted by molar-refractivity contribution is -0.154. The third kappa shape index (κ3) is 5.96. The van der Waals surface area contributed by atoms with Crippen LogP contribution in [0.15, 0.2) is 48.5 Å².